The van der Waals surface area contributed by atoms with Crippen molar-refractivity contribution >= 4 is 46.0 Å². The Labute approximate surface area is 167 Å². The Bertz CT molecular complexity index is 914. The number of anilines is 1. The van der Waals surface area contributed by atoms with Gasteiger partial charge in [-0.2, -0.15) is 0 Å². The number of amides is 1. The molecule has 7 heteroatoms. The zero-order valence-corrected chi connectivity index (χ0v) is 16.8. The number of nitrogens with zero attached hydrogens (tertiary/aromatic N) is 1. The minimum atomic E-state index is -0.170. The van der Waals surface area contributed by atoms with E-state index in [2.05, 4.69) is 0 Å². The molecule has 1 amide bonds. The largest absolute Gasteiger partial charge is 0.502 e. The summed E-state index contributed by atoms with van der Waals surface area (Å²) in [6.45, 7) is 2.04. The summed E-state index contributed by atoms with van der Waals surface area (Å²) in [7, 11) is 2.92. The number of methoxy groups -OCH3 is 2. The number of ether oxygens (including phenoxy) is 2. The predicted molar refractivity (Wildman–Crippen MR) is 113 cm³/mol. The van der Waals surface area contributed by atoms with Crippen LogP contribution in [-0.4, -0.2) is 29.6 Å². The molecule has 3 rings (SSSR count). The quantitative estimate of drug-likeness (QED) is 0.593. The maximum Gasteiger partial charge on any atom is 0.270 e. The lowest BCUT2D eigenvalue weighted by atomic mass is 10.1. The molecule has 1 heterocycles. The fourth-order valence-corrected chi connectivity index (χ4v) is 4.14. The van der Waals surface area contributed by atoms with Crippen molar-refractivity contribution in [2.45, 2.75) is 13.3 Å². The summed E-state index contributed by atoms with van der Waals surface area (Å²) < 4.78 is 10.8. The molecule has 1 N–H and O–H groups in total. The number of para-hydroxylation sites is 1. The summed E-state index contributed by atoms with van der Waals surface area (Å²) >= 11 is 6.70. The number of benzene rings is 2. The highest BCUT2D eigenvalue weighted by molar-refractivity contribution is 8.27. The van der Waals surface area contributed by atoms with E-state index in [4.69, 9.17) is 21.7 Å². The van der Waals surface area contributed by atoms with Crippen molar-refractivity contribution in [3.8, 4) is 17.2 Å². The summed E-state index contributed by atoms with van der Waals surface area (Å²) in [4.78, 5) is 15.1. The number of rotatable bonds is 5. The molecule has 0 aromatic heterocycles. The molecular formula is C20H19NO4S2. The average Bonchev–Trinajstić information content (AvgIpc) is 2.95. The van der Waals surface area contributed by atoms with Gasteiger partial charge in [0.15, 0.2) is 15.8 Å². The zero-order valence-electron chi connectivity index (χ0n) is 15.2. The van der Waals surface area contributed by atoms with E-state index in [0.717, 1.165) is 17.7 Å². The second-order valence-corrected chi connectivity index (χ2v) is 7.45. The Hall–Kier alpha value is -2.51. The number of phenolic OH excluding ortho intramolecular Hbond substituents is 1. The van der Waals surface area contributed by atoms with Crippen LogP contribution in [0.4, 0.5) is 5.69 Å². The van der Waals surface area contributed by atoms with Crippen molar-refractivity contribution < 1.29 is 19.4 Å². The third-order valence-corrected chi connectivity index (χ3v) is 5.51. The van der Waals surface area contributed by atoms with Crippen molar-refractivity contribution in [1.82, 2.24) is 0 Å². The standard InChI is InChI=1S/C20H19NO4S2/c1-4-13-7-5-6-8-14(13)21-19(23)17(27-20(21)26)11-12-9-15(24-2)18(22)16(10-12)25-3/h5-11,22H,4H2,1-3H3/b17-11-. The van der Waals surface area contributed by atoms with Crippen LogP contribution >= 0.6 is 24.0 Å². The van der Waals surface area contributed by atoms with Crippen molar-refractivity contribution in [2.24, 2.45) is 0 Å². The van der Waals surface area contributed by atoms with E-state index in [1.165, 1.54) is 26.0 Å². The minimum Gasteiger partial charge on any atom is -0.502 e. The maximum absolute atomic E-state index is 13.0. The van der Waals surface area contributed by atoms with Crippen LogP contribution in [0.15, 0.2) is 41.3 Å². The van der Waals surface area contributed by atoms with Crippen LogP contribution in [0.2, 0.25) is 0 Å². The first kappa shape index (κ1) is 19.3. The number of hydrogen-bond donors (Lipinski definition) is 1. The van der Waals surface area contributed by atoms with Gasteiger partial charge in [-0.1, -0.05) is 49.1 Å². The molecule has 1 saturated heterocycles. The van der Waals surface area contributed by atoms with Gasteiger partial charge in [-0.3, -0.25) is 9.69 Å². The molecular weight excluding hydrogens is 382 g/mol. The Kier molecular flexibility index (Phi) is 5.72. The highest BCUT2D eigenvalue weighted by Gasteiger charge is 2.34. The molecule has 0 spiro atoms. The van der Waals surface area contributed by atoms with Crippen LogP contribution in [0, 0.1) is 0 Å². The number of aryl methyl sites for hydroxylation is 1. The molecule has 0 aliphatic carbocycles. The Morgan fingerprint density at radius 2 is 1.81 bits per heavy atom. The lowest BCUT2D eigenvalue weighted by Crippen LogP contribution is -2.28. The van der Waals surface area contributed by atoms with E-state index in [9.17, 15) is 9.90 Å². The molecule has 0 unspecified atom stereocenters. The van der Waals surface area contributed by atoms with Crippen LogP contribution < -0.4 is 14.4 Å². The molecule has 2 aromatic carbocycles. The number of thioether (sulfide) groups is 1. The molecule has 2 aromatic rings. The van der Waals surface area contributed by atoms with Crippen LogP contribution in [0.3, 0.4) is 0 Å². The lowest BCUT2D eigenvalue weighted by molar-refractivity contribution is -0.113. The van der Waals surface area contributed by atoms with Gasteiger partial charge in [0.1, 0.15) is 0 Å². The molecule has 0 bridgehead atoms. The van der Waals surface area contributed by atoms with Gasteiger partial charge in [-0.25, -0.2) is 0 Å². The van der Waals surface area contributed by atoms with Crippen LogP contribution in [0.25, 0.3) is 6.08 Å². The first-order chi connectivity index (χ1) is 13.0. The van der Waals surface area contributed by atoms with E-state index >= 15 is 0 Å². The van der Waals surface area contributed by atoms with Crippen LogP contribution in [-0.2, 0) is 11.2 Å². The van der Waals surface area contributed by atoms with Gasteiger partial charge in [0.2, 0.25) is 5.75 Å². The fourth-order valence-electron chi connectivity index (χ4n) is 2.85. The molecule has 5 nitrogen and oxygen atoms in total. The maximum atomic E-state index is 13.0. The number of hydrogen-bond acceptors (Lipinski definition) is 6. The molecule has 0 radical (unpaired) electrons. The number of carbonyl (C=O) groups is 1. The molecule has 0 saturated carbocycles. The molecule has 1 aliphatic heterocycles. The van der Waals surface area contributed by atoms with Gasteiger partial charge in [-0.05, 0) is 41.8 Å². The molecule has 140 valence electrons. The van der Waals surface area contributed by atoms with Crippen LogP contribution in [0.1, 0.15) is 18.1 Å². The summed E-state index contributed by atoms with van der Waals surface area (Å²) in [6, 6.07) is 11.0. The van der Waals surface area contributed by atoms with Gasteiger partial charge in [0, 0.05) is 0 Å². The monoisotopic (exact) mass is 401 g/mol. The topological polar surface area (TPSA) is 59.0 Å². The van der Waals surface area contributed by atoms with Crippen molar-refractivity contribution in [1.29, 1.82) is 0 Å². The lowest BCUT2D eigenvalue weighted by Gasteiger charge is -2.18. The fraction of sp³-hybridized carbons (Fsp3) is 0.200. The highest BCUT2D eigenvalue weighted by Crippen LogP contribution is 2.41. The minimum absolute atomic E-state index is 0.0819. The second kappa shape index (κ2) is 8.02. The van der Waals surface area contributed by atoms with E-state index in [0.29, 0.717) is 14.8 Å². The Morgan fingerprint density at radius 1 is 1.19 bits per heavy atom. The van der Waals surface area contributed by atoms with E-state index < -0.39 is 0 Å². The highest BCUT2D eigenvalue weighted by atomic mass is 32.2. The summed E-state index contributed by atoms with van der Waals surface area (Å²) in [5.74, 6) is 0.290. The average molecular weight is 402 g/mol. The predicted octanol–water partition coefficient (Wildman–Crippen LogP) is 4.38. The first-order valence-corrected chi connectivity index (χ1v) is 9.53. The SMILES string of the molecule is CCc1ccccc1N1C(=O)/C(=C/c2cc(OC)c(O)c(OC)c2)SC1=S. The van der Waals surface area contributed by atoms with Gasteiger partial charge in [-0.15, -0.1) is 0 Å². The third kappa shape index (κ3) is 3.65. The third-order valence-electron chi connectivity index (χ3n) is 4.21. The van der Waals surface area contributed by atoms with Gasteiger partial charge in [0.05, 0.1) is 24.8 Å². The van der Waals surface area contributed by atoms with Crippen molar-refractivity contribution in [2.75, 3.05) is 19.1 Å². The zero-order chi connectivity index (χ0) is 19.6. The summed E-state index contributed by atoms with van der Waals surface area (Å²) in [5.41, 5.74) is 2.54. The second-order valence-electron chi connectivity index (χ2n) is 5.77. The number of carbonyl (C=O) groups excluding carboxylic acids is 1. The smallest absolute Gasteiger partial charge is 0.270 e. The van der Waals surface area contributed by atoms with Gasteiger partial charge < -0.3 is 14.6 Å². The number of aromatic hydroxyl groups is 1. The van der Waals surface area contributed by atoms with Crippen molar-refractivity contribution in [3.63, 3.8) is 0 Å². The normalized spacial score (nSPS) is 15.5. The summed E-state index contributed by atoms with van der Waals surface area (Å²) in [5, 5.41) is 10.0. The van der Waals surface area contributed by atoms with E-state index in [-0.39, 0.29) is 23.2 Å². The molecule has 27 heavy (non-hydrogen) atoms. The van der Waals surface area contributed by atoms with Gasteiger partial charge in [0.25, 0.3) is 5.91 Å². The number of thiocarbonyl (C=S) groups is 1. The molecule has 1 aliphatic rings. The molecule has 0 atom stereocenters. The summed E-state index contributed by atoms with van der Waals surface area (Å²) in [6.07, 6.45) is 2.52. The Balaban J connectivity index is 2.00. The van der Waals surface area contributed by atoms with Gasteiger partial charge >= 0.3 is 0 Å². The number of phenols is 1. The van der Waals surface area contributed by atoms with E-state index in [1.807, 2.05) is 31.2 Å². The van der Waals surface area contributed by atoms with Crippen molar-refractivity contribution in [3.05, 3.63) is 52.4 Å². The van der Waals surface area contributed by atoms with Crippen LogP contribution in [0.5, 0.6) is 17.2 Å². The first-order valence-electron chi connectivity index (χ1n) is 8.31. The molecule has 1 fully saturated rings. The van der Waals surface area contributed by atoms with E-state index in [1.54, 1.807) is 23.1 Å². The Morgan fingerprint density at radius 3 is 2.41 bits per heavy atom.